The van der Waals surface area contributed by atoms with Gasteiger partial charge in [0.15, 0.2) is 5.78 Å². The summed E-state index contributed by atoms with van der Waals surface area (Å²) in [4.78, 5) is 11.1. The highest BCUT2D eigenvalue weighted by Gasteiger charge is 2.07. The summed E-state index contributed by atoms with van der Waals surface area (Å²) in [6.45, 7) is 0. The van der Waals surface area contributed by atoms with Crippen LogP contribution in [0.25, 0.3) is 0 Å². The van der Waals surface area contributed by atoms with E-state index in [0.29, 0.717) is 0 Å². The van der Waals surface area contributed by atoms with E-state index in [1.54, 1.807) is 6.08 Å². The Morgan fingerprint density at radius 3 is 2.92 bits per heavy atom. The van der Waals surface area contributed by atoms with E-state index < -0.39 is 0 Å². The summed E-state index contributed by atoms with van der Waals surface area (Å²) in [6.07, 6.45) is 12.6. The van der Waals surface area contributed by atoms with Crippen LogP contribution in [0.15, 0.2) is 11.6 Å². The van der Waals surface area contributed by atoms with E-state index in [9.17, 15) is 4.79 Å². The van der Waals surface area contributed by atoms with E-state index in [1.807, 2.05) is 0 Å². The van der Waals surface area contributed by atoms with Crippen molar-refractivity contribution >= 4 is 5.78 Å². The third-order valence-electron chi connectivity index (χ3n) is 2.13. The monoisotopic (exact) mass is 162 g/mol. The van der Waals surface area contributed by atoms with Crippen molar-refractivity contribution in [3.05, 3.63) is 11.6 Å². The van der Waals surface area contributed by atoms with Crippen molar-refractivity contribution < 1.29 is 4.79 Å². The van der Waals surface area contributed by atoms with Crippen LogP contribution in [-0.2, 0) is 4.79 Å². The first-order chi connectivity index (χ1) is 5.83. The Bertz CT molecular complexity index is 230. The quantitative estimate of drug-likeness (QED) is 0.570. The molecular weight excluding hydrogens is 148 g/mol. The van der Waals surface area contributed by atoms with Gasteiger partial charge in [0.25, 0.3) is 0 Å². The fourth-order valence-electron chi connectivity index (χ4n) is 1.45. The molecular formula is C11H14O. The number of carbonyl (C=O) groups is 1. The molecule has 0 aromatic carbocycles. The van der Waals surface area contributed by atoms with Crippen LogP contribution < -0.4 is 0 Å². The number of terminal acetylenes is 1. The fraction of sp³-hybridized carbons (Fsp3) is 0.545. The van der Waals surface area contributed by atoms with Gasteiger partial charge in [0.1, 0.15) is 0 Å². The molecule has 0 bridgehead atoms. The minimum atomic E-state index is 0.277. The van der Waals surface area contributed by atoms with Gasteiger partial charge < -0.3 is 0 Å². The molecule has 0 saturated carbocycles. The molecule has 1 nitrogen and oxygen atoms in total. The number of rotatable bonds is 2. The molecule has 1 rings (SSSR count). The highest BCUT2D eigenvalue weighted by Crippen LogP contribution is 2.18. The van der Waals surface area contributed by atoms with Crippen LogP contribution in [-0.4, -0.2) is 5.78 Å². The first-order valence-electron chi connectivity index (χ1n) is 4.48. The molecule has 1 heteroatoms. The lowest BCUT2D eigenvalue weighted by molar-refractivity contribution is -0.114. The smallest absolute Gasteiger partial charge is 0.155 e. The zero-order chi connectivity index (χ0) is 8.81. The molecule has 0 atom stereocenters. The lowest BCUT2D eigenvalue weighted by atomic mass is 10.1. The molecule has 1 aliphatic rings. The van der Waals surface area contributed by atoms with Gasteiger partial charge in [0.2, 0.25) is 0 Å². The van der Waals surface area contributed by atoms with Gasteiger partial charge >= 0.3 is 0 Å². The van der Waals surface area contributed by atoms with Crippen molar-refractivity contribution in [1.82, 2.24) is 0 Å². The SMILES string of the molecule is C#CCCC1=CC(=O)CCCC1. The lowest BCUT2D eigenvalue weighted by Gasteiger charge is -1.99. The van der Waals surface area contributed by atoms with Gasteiger partial charge in [0.05, 0.1) is 0 Å². The van der Waals surface area contributed by atoms with Crippen LogP contribution in [0.1, 0.15) is 38.5 Å². The third kappa shape index (κ3) is 2.92. The van der Waals surface area contributed by atoms with Crippen LogP contribution in [0.4, 0.5) is 0 Å². The standard InChI is InChI=1S/C11H14O/c1-2-3-6-10-7-4-5-8-11(12)9-10/h1,9H,3-8H2. The second kappa shape index (κ2) is 4.77. The van der Waals surface area contributed by atoms with Crippen molar-refractivity contribution in [2.75, 3.05) is 0 Å². The van der Waals surface area contributed by atoms with Gasteiger partial charge in [-0.3, -0.25) is 4.79 Å². The maximum atomic E-state index is 11.1. The fourth-order valence-corrected chi connectivity index (χ4v) is 1.45. The molecule has 0 fully saturated rings. The summed E-state index contributed by atoms with van der Waals surface area (Å²) in [5.41, 5.74) is 1.25. The number of hydrogen-bond donors (Lipinski definition) is 0. The van der Waals surface area contributed by atoms with E-state index in [0.717, 1.165) is 38.5 Å². The molecule has 0 saturated heterocycles. The van der Waals surface area contributed by atoms with Crippen LogP contribution >= 0.6 is 0 Å². The summed E-state index contributed by atoms with van der Waals surface area (Å²) in [6, 6.07) is 0. The summed E-state index contributed by atoms with van der Waals surface area (Å²) in [5, 5.41) is 0. The summed E-state index contributed by atoms with van der Waals surface area (Å²) >= 11 is 0. The van der Waals surface area contributed by atoms with E-state index in [2.05, 4.69) is 5.92 Å². The molecule has 0 aromatic rings. The number of allylic oxidation sites excluding steroid dienone is 2. The van der Waals surface area contributed by atoms with Crippen molar-refractivity contribution in [2.45, 2.75) is 38.5 Å². The number of hydrogen-bond acceptors (Lipinski definition) is 1. The van der Waals surface area contributed by atoms with E-state index in [-0.39, 0.29) is 5.78 Å². The lowest BCUT2D eigenvalue weighted by Crippen LogP contribution is -1.90. The van der Waals surface area contributed by atoms with Crippen LogP contribution in [0.5, 0.6) is 0 Å². The minimum Gasteiger partial charge on any atom is -0.295 e. The molecule has 0 N–H and O–H groups in total. The molecule has 64 valence electrons. The predicted molar refractivity (Wildman–Crippen MR) is 49.6 cm³/mol. The van der Waals surface area contributed by atoms with Crippen LogP contribution in [0.3, 0.4) is 0 Å². The molecule has 0 aliphatic heterocycles. The minimum absolute atomic E-state index is 0.277. The number of carbonyl (C=O) groups excluding carboxylic acids is 1. The zero-order valence-corrected chi connectivity index (χ0v) is 7.31. The van der Waals surface area contributed by atoms with Crippen molar-refractivity contribution in [2.24, 2.45) is 0 Å². The third-order valence-corrected chi connectivity index (χ3v) is 2.13. The summed E-state index contributed by atoms with van der Waals surface area (Å²) in [7, 11) is 0. The highest BCUT2D eigenvalue weighted by atomic mass is 16.1. The molecule has 0 amide bonds. The van der Waals surface area contributed by atoms with E-state index in [4.69, 9.17) is 6.42 Å². The van der Waals surface area contributed by atoms with E-state index >= 15 is 0 Å². The second-order valence-electron chi connectivity index (χ2n) is 3.18. The van der Waals surface area contributed by atoms with Gasteiger partial charge in [-0.15, -0.1) is 12.3 Å². The van der Waals surface area contributed by atoms with Gasteiger partial charge in [0, 0.05) is 12.8 Å². The summed E-state index contributed by atoms with van der Waals surface area (Å²) < 4.78 is 0. The maximum Gasteiger partial charge on any atom is 0.155 e. The zero-order valence-electron chi connectivity index (χ0n) is 7.31. The average molecular weight is 162 g/mol. The summed E-state index contributed by atoms with van der Waals surface area (Å²) in [5.74, 6) is 2.88. The van der Waals surface area contributed by atoms with Gasteiger partial charge in [-0.1, -0.05) is 5.57 Å². The average Bonchev–Trinajstić information content (AvgIpc) is 2.26. The Balaban J connectivity index is 2.49. The van der Waals surface area contributed by atoms with Crippen LogP contribution in [0, 0.1) is 12.3 Å². The largest absolute Gasteiger partial charge is 0.295 e. The highest BCUT2D eigenvalue weighted by molar-refractivity contribution is 5.90. The topological polar surface area (TPSA) is 17.1 Å². The molecule has 1 aliphatic carbocycles. The van der Waals surface area contributed by atoms with Crippen molar-refractivity contribution in [1.29, 1.82) is 0 Å². The van der Waals surface area contributed by atoms with Gasteiger partial charge in [-0.25, -0.2) is 0 Å². The Hall–Kier alpha value is -1.03. The Morgan fingerprint density at radius 2 is 2.17 bits per heavy atom. The second-order valence-corrected chi connectivity index (χ2v) is 3.18. The van der Waals surface area contributed by atoms with Gasteiger partial charge in [-0.05, 0) is 31.8 Å². The normalized spacial score (nSPS) is 17.9. The maximum absolute atomic E-state index is 11.1. The first-order valence-corrected chi connectivity index (χ1v) is 4.48. The van der Waals surface area contributed by atoms with Crippen molar-refractivity contribution in [3.8, 4) is 12.3 Å². The van der Waals surface area contributed by atoms with Gasteiger partial charge in [-0.2, -0.15) is 0 Å². The van der Waals surface area contributed by atoms with Crippen LogP contribution in [0.2, 0.25) is 0 Å². The molecule has 12 heavy (non-hydrogen) atoms. The van der Waals surface area contributed by atoms with E-state index in [1.165, 1.54) is 5.57 Å². The predicted octanol–water partition coefficient (Wildman–Crippen LogP) is 2.47. The Kier molecular flexibility index (Phi) is 3.60. The molecule has 0 unspecified atom stereocenters. The Morgan fingerprint density at radius 1 is 1.42 bits per heavy atom. The number of ketones is 1. The molecule has 0 radical (unpaired) electrons. The molecule has 0 heterocycles. The molecule has 0 spiro atoms. The van der Waals surface area contributed by atoms with Crippen molar-refractivity contribution in [3.63, 3.8) is 0 Å². The molecule has 0 aromatic heterocycles. The first kappa shape index (κ1) is 9.06. The Labute approximate surface area is 73.9 Å².